The summed E-state index contributed by atoms with van der Waals surface area (Å²) in [4.78, 5) is 26.2. The van der Waals surface area contributed by atoms with Crippen molar-refractivity contribution in [2.75, 3.05) is 25.5 Å². The van der Waals surface area contributed by atoms with Crippen molar-refractivity contribution in [2.45, 2.75) is 20.4 Å². The largest absolute Gasteiger partial charge is 0.468 e. The van der Waals surface area contributed by atoms with Gasteiger partial charge >= 0.3 is 5.97 Å². The van der Waals surface area contributed by atoms with E-state index < -0.39 is 0 Å². The smallest absolute Gasteiger partial charge is 0.348 e. The van der Waals surface area contributed by atoms with Gasteiger partial charge in [0.25, 0.3) is 0 Å². The van der Waals surface area contributed by atoms with Crippen molar-refractivity contribution in [3.63, 3.8) is 0 Å². The number of amides is 1. The summed E-state index contributed by atoms with van der Waals surface area (Å²) in [6.07, 6.45) is 1.61. The summed E-state index contributed by atoms with van der Waals surface area (Å²) in [7, 11) is 1.84. The quantitative estimate of drug-likeness (QED) is 0.787. The summed E-state index contributed by atoms with van der Waals surface area (Å²) in [6, 6.07) is 5.46. The average Bonchev–Trinajstić information content (AvgIpc) is 3.08. The fraction of sp³-hybridized carbons (Fsp3) is 0.375. The van der Waals surface area contributed by atoms with Crippen LogP contribution in [-0.4, -0.2) is 37.0 Å². The van der Waals surface area contributed by atoms with Crippen LogP contribution in [-0.2, 0) is 16.1 Å². The third kappa shape index (κ3) is 4.94. The summed E-state index contributed by atoms with van der Waals surface area (Å²) in [5.74, 6) is 0.304. The van der Waals surface area contributed by atoms with E-state index in [9.17, 15) is 9.59 Å². The minimum Gasteiger partial charge on any atom is -0.468 e. The predicted molar refractivity (Wildman–Crippen MR) is 88.7 cm³/mol. The van der Waals surface area contributed by atoms with Crippen molar-refractivity contribution in [1.29, 1.82) is 0 Å². The van der Waals surface area contributed by atoms with Gasteiger partial charge in [0.2, 0.25) is 5.91 Å². The first-order valence-electron chi connectivity index (χ1n) is 7.28. The molecule has 0 saturated heterocycles. The minimum absolute atomic E-state index is 0.143. The number of carbonyl (C=O) groups is 2. The topological polar surface area (TPSA) is 71.8 Å². The summed E-state index contributed by atoms with van der Waals surface area (Å²) in [5, 5.41) is 3.45. The maximum atomic E-state index is 12.1. The summed E-state index contributed by atoms with van der Waals surface area (Å²) < 4.78 is 10.2. The number of nitrogens with one attached hydrogen (secondary N) is 1. The molecule has 0 aliphatic carbocycles. The van der Waals surface area contributed by atoms with Crippen molar-refractivity contribution in [3.05, 3.63) is 40.7 Å². The molecule has 2 aromatic rings. The lowest BCUT2D eigenvalue weighted by Crippen LogP contribution is -2.29. The van der Waals surface area contributed by atoms with Gasteiger partial charge in [0.05, 0.1) is 31.0 Å². The van der Waals surface area contributed by atoms with Gasteiger partial charge in [0, 0.05) is 0 Å². The number of aryl methyl sites for hydroxylation is 1. The van der Waals surface area contributed by atoms with Crippen LogP contribution in [0.25, 0.3) is 0 Å². The van der Waals surface area contributed by atoms with Gasteiger partial charge in [0.1, 0.15) is 10.6 Å². The van der Waals surface area contributed by atoms with E-state index in [1.807, 2.05) is 31.0 Å². The van der Waals surface area contributed by atoms with Gasteiger partial charge in [-0.15, -0.1) is 11.3 Å². The van der Waals surface area contributed by atoms with E-state index in [1.54, 1.807) is 19.3 Å². The number of hydrogen-bond acceptors (Lipinski definition) is 6. The molecule has 1 amide bonds. The molecule has 0 unspecified atom stereocenters. The number of carbonyl (C=O) groups excluding carboxylic acids is 2. The summed E-state index contributed by atoms with van der Waals surface area (Å²) >= 11 is 1.22. The van der Waals surface area contributed by atoms with Crippen LogP contribution in [0.2, 0.25) is 0 Å². The molecule has 0 aliphatic rings. The molecule has 124 valence electrons. The zero-order valence-corrected chi connectivity index (χ0v) is 14.2. The predicted octanol–water partition coefficient (Wildman–Crippen LogP) is 2.90. The molecule has 2 heterocycles. The van der Waals surface area contributed by atoms with Crippen molar-refractivity contribution >= 4 is 28.2 Å². The highest BCUT2D eigenvalue weighted by Crippen LogP contribution is 2.27. The Hall–Kier alpha value is -2.12. The van der Waals surface area contributed by atoms with Crippen molar-refractivity contribution in [1.82, 2.24) is 4.90 Å². The third-order valence-corrected chi connectivity index (χ3v) is 4.19. The Labute approximate surface area is 139 Å². The lowest BCUT2D eigenvalue weighted by Gasteiger charge is -2.14. The number of nitrogens with zero attached hydrogens (tertiary/aromatic N) is 1. The number of hydrogen-bond donors (Lipinski definition) is 1. The molecule has 23 heavy (non-hydrogen) atoms. The SMILES string of the molecule is CCOC(=O)c1sc(NC(=O)CN(C)Cc2ccco2)cc1C. The van der Waals surface area contributed by atoms with Crippen LogP contribution in [0, 0.1) is 6.92 Å². The number of ether oxygens (including phenoxy) is 1. The van der Waals surface area contributed by atoms with Gasteiger partial charge in [-0.2, -0.15) is 0 Å². The third-order valence-electron chi connectivity index (χ3n) is 3.06. The molecule has 0 aliphatic heterocycles. The van der Waals surface area contributed by atoms with E-state index in [0.29, 0.717) is 23.0 Å². The minimum atomic E-state index is -0.356. The molecule has 0 radical (unpaired) electrons. The molecule has 0 spiro atoms. The summed E-state index contributed by atoms with van der Waals surface area (Å²) in [5.41, 5.74) is 0.799. The van der Waals surface area contributed by atoms with E-state index >= 15 is 0 Å². The number of rotatable bonds is 7. The highest BCUT2D eigenvalue weighted by Gasteiger charge is 2.16. The number of furan rings is 1. The van der Waals surface area contributed by atoms with E-state index in [-0.39, 0.29) is 18.4 Å². The molecule has 6 nitrogen and oxygen atoms in total. The van der Waals surface area contributed by atoms with Crippen LogP contribution >= 0.6 is 11.3 Å². The Bertz CT molecular complexity index is 664. The maximum absolute atomic E-state index is 12.1. The fourth-order valence-electron chi connectivity index (χ4n) is 2.09. The summed E-state index contributed by atoms with van der Waals surface area (Å²) in [6.45, 7) is 4.69. The highest BCUT2D eigenvalue weighted by molar-refractivity contribution is 7.18. The molecule has 0 saturated carbocycles. The normalized spacial score (nSPS) is 10.8. The Morgan fingerprint density at radius 1 is 1.43 bits per heavy atom. The maximum Gasteiger partial charge on any atom is 0.348 e. The van der Waals surface area contributed by atoms with Gasteiger partial charge in [-0.05, 0) is 44.7 Å². The molecule has 0 fully saturated rings. The second-order valence-corrected chi connectivity index (χ2v) is 6.20. The average molecular weight is 336 g/mol. The fourth-order valence-corrected chi connectivity index (χ4v) is 3.07. The molecule has 1 N–H and O–H groups in total. The first kappa shape index (κ1) is 17.2. The Morgan fingerprint density at radius 2 is 2.22 bits per heavy atom. The van der Waals surface area contributed by atoms with Gasteiger partial charge in [-0.1, -0.05) is 0 Å². The molecule has 0 atom stereocenters. The van der Waals surface area contributed by atoms with Crippen molar-refractivity contribution < 1.29 is 18.7 Å². The van der Waals surface area contributed by atoms with Crippen LogP contribution in [0.1, 0.15) is 27.9 Å². The van der Waals surface area contributed by atoms with Gasteiger partial charge in [0.15, 0.2) is 0 Å². The van der Waals surface area contributed by atoms with E-state index in [1.165, 1.54) is 11.3 Å². The van der Waals surface area contributed by atoms with Gasteiger partial charge < -0.3 is 14.5 Å². The Morgan fingerprint density at radius 3 is 2.87 bits per heavy atom. The molecular weight excluding hydrogens is 316 g/mol. The second-order valence-electron chi connectivity index (χ2n) is 5.14. The molecule has 7 heteroatoms. The number of thiophene rings is 1. The molecule has 2 aromatic heterocycles. The van der Waals surface area contributed by atoms with Crippen LogP contribution in [0.3, 0.4) is 0 Å². The van der Waals surface area contributed by atoms with Gasteiger partial charge in [-0.3, -0.25) is 9.69 Å². The van der Waals surface area contributed by atoms with Crippen molar-refractivity contribution in [3.8, 4) is 0 Å². The van der Waals surface area contributed by atoms with Crippen LogP contribution in [0.4, 0.5) is 5.00 Å². The standard InChI is InChI=1S/C16H20N2O4S/c1-4-21-16(20)15-11(2)8-14(23-15)17-13(19)10-18(3)9-12-6-5-7-22-12/h5-8H,4,9-10H2,1-3H3,(H,17,19). The van der Waals surface area contributed by atoms with Crippen LogP contribution in [0.15, 0.2) is 28.9 Å². The van der Waals surface area contributed by atoms with E-state index in [2.05, 4.69) is 5.32 Å². The monoisotopic (exact) mass is 336 g/mol. The zero-order valence-electron chi connectivity index (χ0n) is 13.4. The number of anilines is 1. The molecular formula is C16H20N2O4S. The highest BCUT2D eigenvalue weighted by atomic mass is 32.1. The van der Waals surface area contributed by atoms with Crippen molar-refractivity contribution in [2.24, 2.45) is 0 Å². The lowest BCUT2D eigenvalue weighted by atomic mass is 10.3. The van der Waals surface area contributed by atoms with Crippen LogP contribution in [0.5, 0.6) is 0 Å². The zero-order chi connectivity index (χ0) is 16.8. The Kier molecular flexibility index (Phi) is 5.95. The molecule has 2 rings (SSSR count). The first-order chi connectivity index (χ1) is 11.0. The number of esters is 1. The Balaban J connectivity index is 1.90. The van der Waals surface area contributed by atoms with Crippen LogP contribution < -0.4 is 5.32 Å². The first-order valence-corrected chi connectivity index (χ1v) is 8.09. The van der Waals surface area contributed by atoms with E-state index in [4.69, 9.17) is 9.15 Å². The number of likely N-dealkylation sites (N-methyl/N-ethyl adjacent to an activating group) is 1. The lowest BCUT2D eigenvalue weighted by molar-refractivity contribution is -0.117. The second kappa shape index (κ2) is 7.94. The van der Waals surface area contributed by atoms with E-state index in [0.717, 1.165) is 11.3 Å². The molecule has 0 bridgehead atoms. The van der Waals surface area contributed by atoms with Gasteiger partial charge in [-0.25, -0.2) is 4.79 Å². The molecule has 0 aromatic carbocycles.